The van der Waals surface area contributed by atoms with Crippen LogP contribution < -0.4 is 10.5 Å². The fraction of sp³-hybridized carbons (Fsp3) is 0. The van der Waals surface area contributed by atoms with Gasteiger partial charge in [0, 0.05) is 23.4 Å². The molecule has 0 spiro atoms. The number of anilines is 1. The van der Waals surface area contributed by atoms with Crippen molar-refractivity contribution < 1.29 is 17.9 Å². The first-order chi connectivity index (χ1) is 11.0. The summed E-state index contributed by atoms with van der Waals surface area (Å²) in [5.74, 6) is -1.93. The number of rotatable bonds is 3. The summed E-state index contributed by atoms with van der Waals surface area (Å²) in [7, 11) is 0. The van der Waals surface area contributed by atoms with Crippen LogP contribution in [0.2, 0.25) is 0 Å². The van der Waals surface area contributed by atoms with E-state index in [4.69, 9.17) is 10.5 Å². The van der Waals surface area contributed by atoms with Gasteiger partial charge in [0.05, 0.1) is 0 Å². The van der Waals surface area contributed by atoms with E-state index in [0.29, 0.717) is 22.6 Å². The van der Waals surface area contributed by atoms with E-state index >= 15 is 0 Å². The first kappa shape index (κ1) is 15.0. The van der Waals surface area contributed by atoms with E-state index in [-0.39, 0.29) is 5.75 Å². The molecule has 5 heteroatoms. The van der Waals surface area contributed by atoms with Gasteiger partial charge in [-0.2, -0.15) is 0 Å². The Morgan fingerprint density at radius 3 is 2.35 bits per heavy atom. The topological polar surface area (TPSA) is 35.2 Å². The SMILES string of the molecule is Nc1ccc(-c2cccc(F)c2)c(Oc2ccc(F)c(F)c2)c1. The minimum Gasteiger partial charge on any atom is -0.457 e. The number of hydrogen-bond acceptors (Lipinski definition) is 2. The minimum absolute atomic E-state index is 0.118. The average molecular weight is 315 g/mol. The standard InChI is InChI=1S/C18H12F3NO/c19-12-3-1-2-11(8-12)15-6-4-13(22)9-18(15)23-14-5-7-16(20)17(21)10-14/h1-10H,22H2. The molecule has 0 unspecified atom stereocenters. The Hall–Kier alpha value is -2.95. The zero-order chi connectivity index (χ0) is 16.4. The van der Waals surface area contributed by atoms with Crippen LogP contribution in [0.4, 0.5) is 18.9 Å². The van der Waals surface area contributed by atoms with E-state index < -0.39 is 17.5 Å². The van der Waals surface area contributed by atoms with Crippen LogP contribution in [0.15, 0.2) is 60.7 Å². The summed E-state index contributed by atoms with van der Waals surface area (Å²) in [6, 6.07) is 14.1. The van der Waals surface area contributed by atoms with Gasteiger partial charge in [-0.15, -0.1) is 0 Å². The fourth-order valence-electron chi connectivity index (χ4n) is 2.19. The van der Waals surface area contributed by atoms with Crippen LogP contribution in [-0.2, 0) is 0 Å². The molecule has 0 heterocycles. The quantitative estimate of drug-likeness (QED) is 0.679. The molecule has 2 nitrogen and oxygen atoms in total. The molecule has 0 radical (unpaired) electrons. The molecule has 2 N–H and O–H groups in total. The smallest absolute Gasteiger partial charge is 0.162 e. The number of benzene rings is 3. The highest BCUT2D eigenvalue weighted by atomic mass is 19.2. The Morgan fingerprint density at radius 2 is 1.61 bits per heavy atom. The van der Waals surface area contributed by atoms with E-state index in [0.717, 1.165) is 12.1 Å². The van der Waals surface area contributed by atoms with Crippen LogP contribution in [0.3, 0.4) is 0 Å². The second kappa shape index (κ2) is 6.04. The van der Waals surface area contributed by atoms with Crippen molar-refractivity contribution in [3.63, 3.8) is 0 Å². The second-order valence-electron chi connectivity index (χ2n) is 4.94. The van der Waals surface area contributed by atoms with Gasteiger partial charge in [0.1, 0.15) is 17.3 Å². The van der Waals surface area contributed by atoms with Crippen molar-refractivity contribution in [3.8, 4) is 22.6 Å². The van der Waals surface area contributed by atoms with Crippen molar-refractivity contribution in [1.29, 1.82) is 0 Å². The highest BCUT2D eigenvalue weighted by Gasteiger charge is 2.11. The van der Waals surface area contributed by atoms with Crippen LogP contribution in [0.1, 0.15) is 0 Å². The summed E-state index contributed by atoms with van der Waals surface area (Å²) in [5.41, 5.74) is 7.36. The zero-order valence-electron chi connectivity index (χ0n) is 11.9. The van der Waals surface area contributed by atoms with Gasteiger partial charge in [0.25, 0.3) is 0 Å². The largest absolute Gasteiger partial charge is 0.457 e. The molecule has 0 bridgehead atoms. The Bertz CT molecular complexity index is 865. The Kier molecular flexibility index (Phi) is 3.93. The lowest BCUT2D eigenvalue weighted by Crippen LogP contribution is -1.93. The number of hydrogen-bond donors (Lipinski definition) is 1. The van der Waals surface area contributed by atoms with Gasteiger partial charge in [-0.05, 0) is 42.0 Å². The third kappa shape index (κ3) is 3.29. The van der Waals surface area contributed by atoms with Crippen molar-refractivity contribution >= 4 is 5.69 Å². The second-order valence-corrected chi connectivity index (χ2v) is 4.94. The van der Waals surface area contributed by atoms with Crippen LogP contribution in [0, 0.1) is 17.5 Å². The van der Waals surface area contributed by atoms with Crippen LogP contribution in [0.25, 0.3) is 11.1 Å². The third-order valence-corrected chi connectivity index (χ3v) is 3.26. The Labute approximate surface area is 130 Å². The Balaban J connectivity index is 2.04. The lowest BCUT2D eigenvalue weighted by atomic mass is 10.0. The summed E-state index contributed by atoms with van der Waals surface area (Å²) >= 11 is 0. The normalized spacial score (nSPS) is 10.6. The molecule has 0 saturated heterocycles. The molecule has 23 heavy (non-hydrogen) atoms. The molecule has 3 aromatic rings. The van der Waals surface area contributed by atoms with Gasteiger partial charge in [0.15, 0.2) is 11.6 Å². The molecular formula is C18H12F3NO. The molecule has 0 aromatic heterocycles. The van der Waals surface area contributed by atoms with Crippen LogP contribution >= 0.6 is 0 Å². The molecule has 0 aliphatic rings. The summed E-state index contributed by atoms with van der Waals surface area (Å²) in [5, 5.41) is 0. The number of nitrogens with two attached hydrogens (primary N) is 1. The van der Waals surface area contributed by atoms with Gasteiger partial charge in [-0.3, -0.25) is 0 Å². The van der Waals surface area contributed by atoms with E-state index in [9.17, 15) is 13.2 Å². The van der Waals surface area contributed by atoms with Crippen molar-refractivity contribution in [1.82, 2.24) is 0 Å². The Morgan fingerprint density at radius 1 is 0.783 bits per heavy atom. The zero-order valence-corrected chi connectivity index (χ0v) is 11.9. The lowest BCUT2D eigenvalue weighted by molar-refractivity contribution is 0.463. The molecule has 0 amide bonds. The molecule has 116 valence electrons. The van der Waals surface area contributed by atoms with Crippen molar-refractivity contribution in [2.75, 3.05) is 5.73 Å². The molecular weight excluding hydrogens is 303 g/mol. The van der Waals surface area contributed by atoms with Crippen molar-refractivity contribution in [2.45, 2.75) is 0 Å². The van der Waals surface area contributed by atoms with Gasteiger partial charge >= 0.3 is 0 Å². The monoisotopic (exact) mass is 315 g/mol. The molecule has 0 atom stereocenters. The van der Waals surface area contributed by atoms with E-state index in [1.165, 1.54) is 18.2 Å². The maximum atomic E-state index is 13.4. The van der Waals surface area contributed by atoms with Crippen molar-refractivity contribution in [3.05, 3.63) is 78.1 Å². The summed E-state index contributed by atoms with van der Waals surface area (Å²) < 4.78 is 45.3. The molecule has 0 saturated carbocycles. The van der Waals surface area contributed by atoms with Gasteiger partial charge in [0.2, 0.25) is 0 Å². The van der Waals surface area contributed by atoms with Crippen LogP contribution in [0.5, 0.6) is 11.5 Å². The minimum atomic E-state index is -1.02. The maximum absolute atomic E-state index is 13.4. The van der Waals surface area contributed by atoms with Gasteiger partial charge in [-0.1, -0.05) is 12.1 Å². The molecule has 3 aromatic carbocycles. The number of halogens is 3. The summed E-state index contributed by atoms with van der Waals surface area (Å²) in [6.45, 7) is 0. The predicted molar refractivity (Wildman–Crippen MR) is 82.7 cm³/mol. The maximum Gasteiger partial charge on any atom is 0.162 e. The first-order valence-electron chi connectivity index (χ1n) is 6.81. The van der Waals surface area contributed by atoms with Crippen LogP contribution in [-0.4, -0.2) is 0 Å². The first-order valence-corrected chi connectivity index (χ1v) is 6.81. The molecule has 0 fully saturated rings. The average Bonchev–Trinajstić information content (AvgIpc) is 2.51. The highest BCUT2D eigenvalue weighted by Crippen LogP contribution is 2.35. The lowest BCUT2D eigenvalue weighted by Gasteiger charge is -2.12. The molecule has 0 aliphatic carbocycles. The number of ether oxygens (including phenoxy) is 1. The van der Waals surface area contributed by atoms with E-state index in [1.807, 2.05) is 0 Å². The van der Waals surface area contributed by atoms with Crippen molar-refractivity contribution in [2.24, 2.45) is 0 Å². The summed E-state index contributed by atoms with van der Waals surface area (Å²) in [6.07, 6.45) is 0. The highest BCUT2D eigenvalue weighted by molar-refractivity contribution is 5.73. The summed E-state index contributed by atoms with van der Waals surface area (Å²) in [4.78, 5) is 0. The fourth-order valence-corrected chi connectivity index (χ4v) is 2.19. The third-order valence-electron chi connectivity index (χ3n) is 3.26. The van der Waals surface area contributed by atoms with E-state index in [2.05, 4.69) is 0 Å². The van der Waals surface area contributed by atoms with E-state index in [1.54, 1.807) is 30.3 Å². The molecule has 3 rings (SSSR count). The molecule has 0 aliphatic heterocycles. The van der Waals surface area contributed by atoms with Gasteiger partial charge in [-0.25, -0.2) is 13.2 Å². The number of nitrogen functional groups attached to an aromatic ring is 1. The predicted octanol–water partition coefficient (Wildman–Crippen LogP) is 5.15. The van der Waals surface area contributed by atoms with Gasteiger partial charge < -0.3 is 10.5 Å².